The van der Waals surface area contributed by atoms with Gasteiger partial charge in [0.25, 0.3) is 5.22 Å². The lowest BCUT2D eigenvalue weighted by Crippen LogP contribution is -2.09. The molecule has 0 bridgehead atoms. The Morgan fingerprint density at radius 3 is 2.52 bits per heavy atom. The molecule has 1 aromatic heterocycles. The summed E-state index contributed by atoms with van der Waals surface area (Å²) in [6.45, 7) is -2.91. The minimum absolute atomic E-state index is 0.00254. The molecule has 1 heterocycles. The summed E-state index contributed by atoms with van der Waals surface area (Å²) in [6, 6.07) is 9.90. The summed E-state index contributed by atoms with van der Waals surface area (Å²) in [6.07, 6.45) is 0. The number of sulfone groups is 1. The molecule has 29 heavy (non-hydrogen) atoms. The van der Waals surface area contributed by atoms with Gasteiger partial charge in [0.2, 0.25) is 5.89 Å². The zero-order valence-electron chi connectivity index (χ0n) is 14.4. The van der Waals surface area contributed by atoms with E-state index in [1.807, 2.05) is 0 Å². The van der Waals surface area contributed by atoms with Gasteiger partial charge in [-0.15, -0.1) is 10.2 Å². The van der Waals surface area contributed by atoms with Crippen molar-refractivity contribution < 1.29 is 26.4 Å². The number of rotatable bonds is 8. The molecule has 0 aliphatic carbocycles. The molecule has 0 radical (unpaired) electrons. The second-order valence-corrected chi connectivity index (χ2v) is 9.49. The molecule has 0 atom stereocenters. The van der Waals surface area contributed by atoms with Crippen LogP contribution in [0.1, 0.15) is 0 Å². The molecule has 12 heteroatoms. The minimum Gasteiger partial charge on any atom is -0.435 e. The monoisotopic (exact) mass is 480 g/mol. The number of ether oxygens (including phenoxy) is 1. The molecule has 0 N–H and O–H groups in total. The Hall–Kier alpha value is -1.88. The van der Waals surface area contributed by atoms with Crippen LogP contribution in [0.5, 0.6) is 5.75 Å². The van der Waals surface area contributed by atoms with Crippen molar-refractivity contribution in [2.75, 3.05) is 11.5 Å². The zero-order valence-corrected chi connectivity index (χ0v) is 17.5. The van der Waals surface area contributed by atoms with Crippen LogP contribution in [-0.4, -0.2) is 36.7 Å². The number of hydrogen-bond donors (Lipinski definition) is 0. The Kier molecular flexibility index (Phi) is 6.99. The van der Waals surface area contributed by atoms with Gasteiger partial charge in [0.1, 0.15) is 5.75 Å². The SMILES string of the molecule is O=S(=O)(CCSc1nnc(-c2ccc(OC(F)F)cc2)o1)c1cc(Cl)ccc1Cl. The summed E-state index contributed by atoms with van der Waals surface area (Å²) in [5, 5.41) is 8.24. The molecule has 0 unspecified atom stereocenters. The summed E-state index contributed by atoms with van der Waals surface area (Å²) in [5.41, 5.74) is 0.504. The Bertz CT molecular complexity index is 1090. The van der Waals surface area contributed by atoms with Crippen molar-refractivity contribution in [2.45, 2.75) is 16.7 Å². The number of benzene rings is 2. The van der Waals surface area contributed by atoms with Gasteiger partial charge in [-0.1, -0.05) is 35.0 Å². The molecular formula is C17H12Cl2F2N2O4S2. The summed E-state index contributed by atoms with van der Waals surface area (Å²) in [4.78, 5) is -0.0374. The second kappa shape index (κ2) is 9.29. The maximum Gasteiger partial charge on any atom is 0.387 e. The number of halogens is 4. The molecule has 2 aromatic carbocycles. The number of thioether (sulfide) groups is 1. The van der Waals surface area contributed by atoms with Crippen molar-refractivity contribution in [1.29, 1.82) is 0 Å². The van der Waals surface area contributed by atoms with Crippen molar-refractivity contribution in [1.82, 2.24) is 10.2 Å². The maximum atomic E-state index is 12.4. The first-order chi connectivity index (χ1) is 13.7. The van der Waals surface area contributed by atoms with Crippen molar-refractivity contribution in [3.05, 3.63) is 52.5 Å². The predicted octanol–water partition coefficient (Wildman–Crippen LogP) is 5.21. The summed E-state index contributed by atoms with van der Waals surface area (Å²) >= 11 is 12.9. The van der Waals surface area contributed by atoms with Crippen LogP contribution in [-0.2, 0) is 9.84 Å². The van der Waals surface area contributed by atoms with E-state index in [0.29, 0.717) is 5.56 Å². The topological polar surface area (TPSA) is 82.3 Å². The molecule has 3 rings (SSSR count). The van der Waals surface area contributed by atoms with Crippen LogP contribution in [0.15, 0.2) is 57.0 Å². The van der Waals surface area contributed by atoms with Gasteiger partial charge < -0.3 is 9.15 Å². The molecule has 0 saturated heterocycles. The fraction of sp³-hybridized carbons (Fsp3) is 0.176. The fourth-order valence-corrected chi connectivity index (χ4v) is 5.45. The van der Waals surface area contributed by atoms with Crippen LogP contribution < -0.4 is 4.74 Å². The van der Waals surface area contributed by atoms with Crippen LogP contribution in [0.2, 0.25) is 10.0 Å². The second-order valence-electron chi connectivity index (χ2n) is 5.52. The van der Waals surface area contributed by atoms with Crippen LogP contribution in [0.25, 0.3) is 11.5 Å². The Balaban J connectivity index is 1.61. The van der Waals surface area contributed by atoms with E-state index in [0.717, 1.165) is 11.8 Å². The number of aromatic nitrogens is 2. The molecule has 0 amide bonds. The standard InChI is InChI=1S/C17H12Cl2F2N2O4S2/c18-11-3-6-13(19)14(9-11)29(24,25)8-7-28-17-23-22-15(27-17)10-1-4-12(5-2-10)26-16(20)21/h1-6,9,16H,7-8H2. The van der Waals surface area contributed by atoms with Gasteiger partial charge in [-0.3, -0.25) is 0 Å². The van der Waals surface area contributed by atoms with Crippen LogP contribution >= 0.6 is 35.0 Å². The van der Waals surface area contributed by atoms with Crippen LogP contribution in [0, 0.1) is 0 Å². The maximum absolute atomic E-state index is 12.4. The highest BCUT2D eigenvalue weighted by Crippen LogP contribution is 2.28. The lowest BCUT2D eigenvalue weighted by atomic mass is 10.2. The Labute approximate surface area is 179 Å². The Morgan fingerprint density at radius 2 is 1.83 bits per heavy atom. The fourth-order valence-electron chi connectivity index (χ4n) is 2.23. The van der Waals surface area contributed by atoms with Gasteiger partial charge in [0.05, 0.1) is 15.7 Å². The molecular weight excluding hydrogens is 469 g/mol. The van der Waals surface area contributed by atoms with E-state index in [1.165, 1.54) is 42.5 Å². The van der Waals surface area contributed by atoms with E-state index >= 15 is 0 Å². The molecule has 3 aromatic rings. The van der Waals surface area contributed by atoms with Gasteiger partial charge in [0.15, 0.2) is 9.84 Å². The highest BCUT2D eigenvalue weighted by atomic mass is 35.5. The van der Waals surface area contributed by atoms with Gasteiger partial charge in [-0.05, 0) is 42.5 Å². The predicted molar refractivity (Wildman–Crippen MR) is 106 cm³/mol. The third-order valence-electron chi connectivity index (χ3n) is 3.54. The normalized spacial score (nSPS) is 11.8. The summed E-state index contributed by atoms with van der Waals surface area (Å²) < 4.78 is 59.0. The molecule has 0 spiro atoms. The van der Waals surface area contributed by atoms with E-state index in [9.17, 15) is 17.2 Å². The lowest BCUT2D eigenvalue weighted by molar-refractivity contribution is -0.0498. The number of nitrogens with zero attached hydrogens (tertiary/aromatic N) is 2. The van der Waals surface area contributed by atoms with Crippen molar-refractivity contribution in [3.63, 3.8) is 0 Å². The first-order valence-corrected chi connectivity index (χ1v) is 11.3. The average molecular weight is 481 g/mol. The van der Waals surface area contributed by atoms with Gasteiger partial charge >= 0.3 is 6.61 Å². The van der Waals surface area contributed by atoms with Crippen molar-refractivity contribution >= 4 is 44.8 Å². The first kappa shape index (κ1) is 21.8. The highest BCUT2D eigenvalue weighted by Gasteiger charge is 2.19. The molecule has 6 nitrogen and oxygen atoms in total. The van der Waals surface area contributed by atoms with Gasteiger partial charge in [-0.25, -0.2) is 8.42 Å². The number of alkyl halides is 2. The highest BCUT2D eigenvalue weighted by molar-refractivity contribution is 8.00. The summed E-state index contributed by atoms with van der Waals surface area (Å²) in [7, 11) is -3.65. The van der Waals surface area contributed by atoms with Crippen LogP contribution in [0.3, 0.4) is 0 Å². The molecule has 0 aliphatic heterocycles. The number of hydrogen-bond acceptors (Lipinski definition) is 7. The molecule has 154 valence electrons. The quantitative estimate of drug-likeness (QED) is 0.409. The van der Waals surface area contributed by atoms with Crippen molar-refractivity contribution in [3.8, 4) is 17.2 Å². The van der Waals surface area contributed by atoms with E-state index < -0.39 is 16.4 Å². The molecule has 0 fully saturated rings. The molecule has 0 saturated carbocycles. The van der Waals surface area contributed by atoms with E-state index in [1.54, 1.807) is 0 Å². The smallest absolute Gasteiger partial charge is 0.387 e. The lowest BCUT2D eigenvalue weighted by Gasteiger charge is -2.06. The van der Waals surface area contributed by atoms with E-state index in [-0.39, 0.29) is 43.3 Å². The third kappa shape index (κ3) is 5.81. The average Bonchev–Trinajstić information content (AvgIpc) is 3.12. The summed E-state index contributed by atoms with van der Waals surface area (Å²) in [5.74, 6) is 0.0999. The van der Waals surface area contributed by atoms with Gasteiger partial charge in [0, 0.05) is 16.3 Å². The van der Waals surface area contributed by atoms with Gasteiger partial charge in [-0.2, -0.15) is 8.78 Å². The third-order valence-corrected chi connectivity index (χ3v) is 7.04. The molecule has 0 aliphatic rings. The van der Waals surface area contributed by atoms with Crippen LogP contribution in [0.4, 0.5) is 8.78 Å². The van der Waals surface area contributed by atoms with E-state index in [4.69, 9.17) is 27.6 Å². The first-order valence-electron chi connectivity index (χ1n) is 7.94. The van der Waals surface area contributed by atoms with Crippen molar-refractivity contribution in [2.24, 2.45) is 0 Å². The minimum atomic E-state index is -3.65. The van der Waals surface area contributed by atoms with E-state index in [2.05, 4.69) is 14.9 Å². The zero-order chi connectivity index (χ0) is 21.0. The Morgan fingerprint density at radius 1 is 1.10 bits per heavy atom. The largest absolute Gasteiger partial charge is 0.435 e.